The van der Waals surface area contributed by atoms with Crippen molar-refractivity contribution in [2.45, 2.75) is 18.0 Å². The summed E-state index contributed by atoms with van der Waals surface area (Å²) >= 11 is 0. The van der Waals surface area contributed by atoms with Crippen molar-refractivity contribution in [1.82, 2.24) is 4.98 Å². The van der Waals surface area contributed by atoms with E-state index in [1.165, 1.54) is 18.2 Å². The minimum Gasteiger partial charge on any atom is -0.260 e. The molecule has 0 aliphatic rings. The molecule has 0 aliphatic heterocycles. The van der Waals surface area contributed by atoms with Crippen molar-refractivity contribution in [1.29, 1.82) is 0 Å². The Morgan fingerprint density at radius 3 is 2.19 bits per heavy atom. The van der Waals surface area contributed by atoms with Gasteiger partial charge in [0.2, 0.25) is 10.0 Å². The number of rotatable bonds is 2. The monoisotopic (exact) mass is 316 g/mol. The summed E-state index contributed by atoms with van der Waals surface area (Å²) in [5.74, 6) is 0. The second-order valence-electron chi connectivity index (χ2n) is 4.44. The largest absolute Gasteiger partial charge is 0.416 e. The molecule has 2 rings (SSSR count). The number of alkyl halides is 3. The zero-order chi connectivity index (χ0) is 15.8. The predicted octanol–water partition coefficient (Wildman–Crippen LogP) is 2.72. The third kappa shape index (κ3) is 3.40. The Balaban J connectivity index is 2.59. The molecule has 0 unspecified atom stereocenters. The Labute approximate surface area is 119 Å². The van der Waals surface area contributed by atoms with Crippen LogP contribution in [0, 0.1) is 6.92 Å². The summed E-state index contributed by atoms with van der Waals surface area (Å²) < 4.78 is 60.6. The number of sulfonamides is 1. The molecule has 0 bridgehead atoms. The van der Waals surface area contributed by atoms with Gasteiger partial charge in [0.15, 0.2) is 0 Å². The molecular weight excluding hydrogens is 305 g/mol. The first kappa shape index (κ1) is 15.5. The van der Waals surface area contributed by atoms with Crippen molar-refractivity contribution in [3.63, 3.8) is 0 Å². The van der Waals surface area contributed by atoms with Crippen molar-refractivity contribution < 1.29 is 21.6 Å². The number of nitrogens with two attached hydrogens (primary N) is 1. The van der Waals surface area contributed by atoms with Crippen LogP contribution in [0.1, 0.15) is 11.3 Å². The van der Waals surface area contributed by atoms with E-state index in [-0.39, 0.29) is 10.5 Å². The summed E-state index contributed by atoms with van der Waals surface area (Å²) in [6.07, 6.45) is -3.35. The highest BCUT2D eigenvalue weighted by Crippen LogP contribution is 2.32. The zero-order valence-corrected chi connectivity index (χ0v) is 11.7. The van der Waals surface area contributed by atoms with Gasteiger partial charge in [-0.2, -0.15) is 13.2 Å². The maximum absolute atomic E-state index is 12.5. The minimum absolute atomic E-state index is 0.221. The average Bonchev–Trinajstić information content (AvgIpc) is 2.36. The Kier molecular flexibility index (Phi) is 3.77. The highest BCUT2D eigenvalue weighted by atomic mass is 32.2. The lowest BCUT2D eigenvalue weighted by Crippen LogP contribution is -2.14. The molecule has 0 amide bonds. The number of aryl methyl sites for hydroxylation is 1. The molecule has 2 N–H and O–H groups in total. The van der Waals surface area contributed by atoms with E-state index < -0.39 is 21.8 Å². The number of primary sulfonamides is 1. The number of nitrogens with zero attached hydrogens (tertiary/aromatic N) is 1. The predicted molar refractivity (Wildman–Crippen MR) is 70.8 cm³/mol. The van der Waals surface area contributed by atoms with E-state index in [0.29, 0.717) is 11.3 Å². The van der Waals surface area contributed by atoms with Crippen LogP contribution >= 0.6 is 0 Å². The van der Waals surface area contributed by atoms with Crippen molar-refractivity contribution in [2.24, 2.45) is 5.14 Å². The van der Waals surface area contributed by atoms with E-state index in [4.69, 9.17) is 5.14 Å². The molecule has 4 nitrogen and oxygen atoms in total. The van der Waals surface area contributed by atoms with Crippen molar-refractivity contribution in [3.8, 4) is 11.1 Å². The maximum Gasteiger partial charge on any atom is 0.416 e. The van der Waals surface area contributed by atoms with Gasteiger partial charge in [-0.15, -0.1) is 0 Å². The van der Waals surface area contributed by atoms with E-state index in [0.717, 1.165) is 18.3 Å². The second-order valence-corrected chi connectivity index (χ2v) is 5.97. The zero-order valence-electron chi connectivity index (χ0n) is 10.8. The first-order valence-electron chi connectivity index (χ1n) is 5.76. The summed E-state index contributed by atoms with van der Waals surface area (Å²) in [5.41, 5.74) is 0.253. The first-order chi connectivity index (χ1) is 9.59. The number of benzene rings is 1. The molecule has 0 radical (unpaired) electrons. The van der Waals surface area contributed by atoms with Crippen LogP contribution in [0.3, 0.4) is 0 Å². The molecule has 0 saturated heterocycles. The van der Waals surface area contributed by atoms with Gasteiger partial charge < -0.3 is 0 Å². The quantitative estimate of drug-likeness (QED) is 0.926. The SMILES string of the molecule is Cc1cc(-c2ccc(C(F)(F)F)cc2)c(S(N)(=O)=O)cn1. The van der Waals surface area contributed by atoms with E-state index >= 15 is 0 Å². The van der Waals surface area contributed by atoms with Gasteiger partial charge in [0.25, 0.3) is 0 Å². The van der Waals surface area contributed by atoms with Gasteiger partial charge in [0.1, 0.15) is 4.90 Å². The molecule has 0 spiro atoms. The third-order valence-electron chi connectivity index (χ3n) is 2.83. The average molecular weight is 316 g/mol. The Morgan fingerprint density at radius 2 is 1.71 bits per heavy atom. The number of aromatic nitrogens is 1. The fourth-order valence-electron chi connectivity index (χ4n) is 1.84. The molecule has 0 aliphatic carbocycles. The van der Waals surface area contributed by atoms with E-state index in [2.05, 4.69) is 4.98 Å². The molecule has 1 aromatic carbocycles. The molecule has 1 aromatic heterocycles. The van der Waals surface area contributed by atoms with Crippen LogP contribution in [0.15, 0.2) is 41.4 Å². The van der Waals surface area contributed by atoms with Crippen LogP contribution in [0.25, 0.3) is 11.1 Å². The molecule has 0 atom stereocenters. The van der Waals surface area contributed by atoms with Crippen molar-refractivity contribution >= 4 is 10.0 Å². The molecule has 0 saturated carbocycles. The number of pyridine rings is 1. The standard InChI is InChI=1S/C13H11F3N2O2S/c1-8-6-11(12(7-18-8)21(17,19)20)9-2-4-10(5-3-9)13(14,15)16/h2-7H,1H3,(H2,17,19,20). The molecule has 1 heterocycles. The Bertz CT molecular complexity index is 769. The highest BCUT2D eigenvalue weighted by molar-refractivity contribution is 7.89. The first-order valence-corrected chi connectivity index (χ1v) is 7.31. The minimum atomic E-state index is -4.45. The molecule has 2 aromatic rings. The van der Waals surface area contributed by atoms with E-state index in [1.807, 2.05) is 0 Å². The normalized spacial score (nSPS) is 12.4. The van der Waals surface area contributed by atoms with Crippen LogP contribution in [-0.4, -0.2) is 13.4 Å². The van der Waals surface area contributed by atoms with E-state index in [9.17, 15) is 21.6 Å². The molecular formula is C13H11F3N2O2S. The summed E-state index contributed by atoms with van der Waals surface area (Å²) in [6, 6.07) is 5.64. The molecule has 0 fully saturated rings. The second kappa shape index (κ2) is 5.12. The van der Waals surface area contributed by atoms with Gasteiger partial charge in [0, 0.05) is 17.5 Å². The van der Waals surface area contributed by atoms with Crippen LogP contribution in [0.2, 0.25) is 0 Å². The lowest BCUT2D eigenvalue weighted by Gasteiger charge is -2.11. The van der Waals surface area contributed by atoms with Gasteiger partial charge in [-0.3, -0.25) is 4.98 Å². The highest BCUT2D eigenvalue weighted by Gasteiger charge is 2.30. The number of hydrogen-bond donors (Lipinski definition) is 1. The fourth-order valence-corrected chi connectivity index (χ4v) is 2.52. The third-order valence-corrected chi connectivity index (χ3v) is 3.77. The lowest BCUT2D eigenvalue weighted by molar-refractivity contribution is -0.137. The molecule has 112 valence electrons. The summed E-state index contributed by atoms with van der Waals surface area (Å²) in [5, 5.41) is 5.10. The van der Waals surface area contributed by atoms with Crippen LogP contribution in [-0.2, 0) is 16.2 Å². The van der Waals surface area contributed by atoms with Gasteiger partial charge >= 0.3 is 6.18 Å². The van der Waals surface area contributed by atoms with Gasteiger partial charge in [-0.25, -0.2) is 13.6 Å². The van der Waals surface area contributed by atoms with Gasteiger partial charge in [-0.1, -0.05) is 12.1 Å². The van der Waals surface area contributed by atoms with Gasteiger partial charge in [0.05, 0.1) is 5.56 Å². The van der Waals surface area contributed by atoms with E-state index in [1.54, 1.807) is 6.92 Å². The maximum atomic E-state index is 12.5. The Morgan fingerprint density at radius 1 is 1.14 bits per heavy atom. The fraction of sp³-hybridized carbons (Fsp3) is 0.154. The number of halogens is 3. The Hall–Kier alpha value is -1.93. The van der Waals surface area contributed by atoms with Crippen LogP contribution in [0.5, 0.6) is 0 Å². The molecule has 8 heteroatoms. The van der Waals surface area contributed by atoms with Crippen molar-refractivity contribution in [3.05, 3.63) is 47.8 Å². The lowest BCUT2D eigenvalue weighted by atomic mass is 10.0. The van der Waals surface area contributed by atoms with Crippen molar-refractivity contribution in [2.75, 3.05) is 0 Å². The summed E-state index contributed by atoms with van der Waals surface area (Å²) in [6.45, 7) is 1.64. The van der Waals surface area contributed by atoms with Gasteiger partial charge in [-0.05, 0) is 30.7 Å². The smallest absolute Gasteiger partial charge is 0.260 e. The van der Waals surface area contributed by atoms with Crippen LogP contribution in [0.4, 0.5) is 13.2 Å². The summed E-state index contributed by atoms with van der Waals surface area (Å²) in [4.78, 5) is 3.62. The topological polar surface area (TPSA) is 73.1 Å². The summed E-state index contributed by atoms with van der Waals surface area (Å²) in [7, 11) is -4.02. The molecule has 21 heavy (non-hydrogen) atoms. The number of hydrogen-bond acceptors (Lipinski definition) is 3. The van der Waals surface area contributed by atoms with Crippen LogP contribution < -0.4 is 5.14 Å².